The van der Waals surface area contributed by atoms with E-state index in [0.29, 0.717) is 28.2 Å². The molecule has 0 N–H and O–H groups in total. The van der Waals surface area contributed by atoms with Gasteiger partial charge in [-0.1, -0.05) is 41.4 Å². The molecule has 4 nitrogen and oxygen atoms in total. The summed E-state index contributed by atoms with van der Waals surface area (Å²) in [5.74, 6) is 1.29. The monoisotopic (exact) mass is 406 g/mol. The molecule has 2 aliphatic rings. The first-order valence-electron chi connectivity index (χ1n) is 8.91. The van der Waals surface area contributed by atoms with Crippen molar-refractivity contribution in [3.05, 3.63) is 52.0 Å². The lowest BCUT2D eigenvalue weighted by atomic mass is 9.78. The maximum absolute atomic E-state index is 6.36. The fourth-order valence-electron chi connectivity index (χ4n) is 3.19. The first-order valence-corrected chi connectivity index (χ1v) is 9.66. The second kappa shape index (κ2) is 6.59. The van der Waals surface area contributed by atoms with Crippen LogP contribution in [0, 0.1) is 0 Å². The van der Waals surface area contributed by atoms with Crippen molar-refractivity contribution in [3.8, 4) is 11.5 Å². The van der Waals surface area contributed by atoms with Crippen molar-refractivity contribution in [1.82, 2.24) is 0 Å². The van der Waals surface area contributed by atoms with Crippen molar-refractivity contribution in [1.29, 1.82) is 0 Å². The molecule has 0 spiro atoms. The largest absolute Gasteiger partial charge is 0.498 e. The predicted molar refractivity (Wildman–Crippen MR) is 107 cm³/mol. The van der Waals surface area contributed by atoms with Crippen LogP contribution in [-0.2, 0) is 9.31 Å². The Morgan fingerprint density at radius 1 is 1.00 bits per heavy atom. The van der Waals surface area contributed by atoms with Crippen LogP contribution in [0.2, 0.25) is 10.0 Å². The Labute approximate surface area is 169 Å². The summed E-state index contributed by atoms with van der Waals surface area (Å²) < 4.78 is 24.6. The Bertz CT molecular complexity index is 868. The SMILES string of the molecule is CC1(C)OB(c2cccc3c2OC(c2ccc(Cl)cc2Cl)CO3)OC1(C)C. The third-order valence-electron chi connectivity index (χ3n) is 5.48. The molecule has 1 atom stereocenters. The van der Waals surface area contributed by atoms with Crippen LogP contribution in [0.4, 0.5) is 0 Å². The van der Waals surface area contributed by atoms with Gasteiger partial charge >= 0.3 is 7.12 Å². The number of fused-ring (bicyclic) bond motifs is 1. The summed E-state index contributed by atoms with van der Waals surface area (Å²) in [6, 6.07) is 11.1. The number of para-hydroxylation sites is 1. The van der Waals surface area contributed by atoms with Gasteiger partial charge in [0.25, 0.3) is 0 Å². The lowest BCUT2D eigenvalue weighted by molar-refractivity contribution is 0.00578. The van der Waals surface area contributed by atoms with Crippen LogP contribution in [-0.4, -0.2) is 24.9 Å². The number of hydrogen-bond donors (Lipinski definition) is 0. The molecule has 4 rings (SSSR count). The van der Waals surface area contributed by atoms with Gasteiger partial charge in [0.05, 0.1) is 11.2 Å². The van der Waals surface area contributed by atoms with Crippen molar-refractivity contribution in [2.75, 3.05) is 6.61 Å². The topological polar surface area (TPSA) is 36.9 Å². The van der Waals surface area contributed by atoms with Gasteiger partial charge in [-0.25, -0.2) is 0 Å². The van der Waals surface area contributed by atoms with E-state index in [1.165, 1.54) is 0 Å². The van der Waals surface area contributed by atoms with Crippen LogP contribution in [0.15, 0.2) is 36.4 Å². The van der Waals surface area contributed by atoms with E-state index in [1.54, 1.807) is 12.1 Å². The standard InChI is InChI=1S/C20H21BCl2O4/c1-19(2)20(3,4)27-21(26-19)14-6-5-7-16-18(14)25-17(11-24-16)13-9-8-12(22)10-15(13)23/h5-10,17H,11H2,1-4H3. The molecule has 1 unspecified atom stereocenters. The molecule has 0 aliphatic carbocycles. The second-order valence-electron chi connectivity index (χ2n) is 7.85. The molecule has 0 radical (unpaired) electrons. The summed E-state index contributed by atoms with van der Waals surface area (Å²) in [5, 5.41) is 1.13. The highest BCUT2D eigenvalue weighted by molar-refractivity contribution is 6.63. The predicted octanol–water partition coefficient (Wildman–Crippen LogP) is 4.81. The van der Waals surface area contributed by atoms with Crippen LogP contribution >= 0.6 is 23.2 Å². The number of ether oxygens (including phenoxy) is 2. The number of halogens is 2. The lowest BCUT2D eigenvalue weighted by Gasteiger charge is -2.32. The average Bonchev–Trinajstić information content (AvgIpc) is 2.81. The average molecular weight is 407 g/mol. The van der Waals surface area contributed by atoms with E-state index < -0.39 is 18.3 Å². The smallest absolute Gasteiger partial charge is 0.485 e. The molecular weight excluding hydrogens is 386 g/mol. The summed E-state index contributed by atoms with van der Waals surface area (Å²) in [6.07, 6.45) is -0.342. The summed E-state index contributed by atoms with van der Waals surface area (Å²) in [5.41, 5.74) is 0.764. The highest BCUT2D eigenvalue weighted by atomic mass is 35.5. The Kier molecular flexibility index (Phi) is 4.63. The van der Waals surface area contributed by atoms with Gasteiger partial charge in [-0.15, -0.1) is 0 Å². The molecule has 2 heterocycles. The van der Waals surface area contributed by atoms with Gasteiger partial charge in [0.15, 0.2) is 17.6 Å². The van der Waals surface area contributed by atoms with E-state index in [2.05, 4.69) is 0 Å². The number of hydrogen-bond acceptors (Lipinski definition) is 4. The first kappa shape index (κ1) is 18.9. The highest BCUT2D eigenvalue weighted by Gasteiger charge is 2.53. The summed E-state index contributed by atoms with van der Waals surface area (Å²) >= 11 is 12.4. The first-order chi connectivity index (χ1) is 12.7. The molecule has 7 heteroatoms. The van der Waals surface area contributed by atoms with Gasteiger partial charge < -0.3 is 18.8 Å². The Balaban J connectivity index is 1.68. The van der Waals surface area contributed by atoms with E-state index in [9.17, 15) is 0 Å². The Morgan fingerprint density at radius 3 is 2.37 bits per heavy atom. The lowest BCUT2D eigenvalue weighted by Crippen LogP contribution is -2.41. The van der Waals surface area contributed by atoms with Gasteiger partial charge in [-0.2, -0.15) is 0 Å². The van der Waals surface area contributed by atoms with Crippen molar-refractivity contribution in [2.24, 2.45) is 0 Å². The van der Waals surface area contributed by atoms with E-state index in [4.69, 9.17) is 42.0 Å². The van der Waals surface area contributed by atoms with Crippen LogP contribution in [0.25, 0.3) is 0 Å². The molecule has 0 amide bonds. The van der Waals surface area contributed by atoms with Crippen molar-refractivity contribution in [3.63, 3.8) is 0 Å². The second-order valence-corrected chi connectivity index (χ2v) is 8.69. The maximum Gasteiger partial charge on any atom is 0.498 e. The van der Waals surface area contributed by atoms with Crippen molar-refractivity contribution >= 4 is 35.8 Å². The summed E-state index contributed by atoms with van der Waals surface area (Å²) in [6.45, 7) is 8.46. The van der Waals surface area contributed by atoms with Crippen LogP contribution in [0.3, 0.4) is 0 Å². The van der Waals surface area contributed by atoms with Gasteiger partial charge in [0.1, 0.15) is 6.61 Å². The van der Waals surface area contributed by atoms with Gasteiger partial charge in [0.2, 0.25) is 0 Å². The van der Waals surface area contributed by atoms with Gasteiger partial charge in [-0.3, -0.25) is 0 Å². The molecule has 2 aromatic rings. The summed E-state index contributed by atoms with van der Waals surface area (Å²) in [7, 11) is -0.534. The molecule has 2 aromatic carbocycles. The maximum atomic E-state index is 6.36. The molecular formula is C20H21BCl2O4. The molecule has 27 heavy (non-hydrogen) atoms. The van der Waals surface area contributed by atoms with Crippen molar-refractivity contribution in [2.45, 2.75) is 45.0 Å². The fraction of sp³-hybridized carbons (Fsp3) is 0.400. The van der Waals surface area contributed by atoms with E-state index in [1.807, 2.05) is 52.0 Å². The van der Waals surface area contributed by atoms with Crippen LogP contribution in [0.1, 0.15) is 39.4 Å². The van der Waals surface area contributed by atoms with Crippen LogP contribution < -0.4 is 14.9 Å². The van der Waals surface area contributed by atoms with E-state index >= 15 is 0 Å². The normalized spacial score (nSPS) is 22.7. The molecule has 0 bridgehead atoms. The molecule has 0 saturated carbocycles. The van der Waals surface area contributed by atoms with Gasteiger partial charge in [-0.05, 0) is 45.9 Å². The van der Waals surface area contributed by atoms with Gasteiger partial charge in [0, 0.05) is 21.1 Å². The quantitative estimate of drug-likeness (QED) is 0.671. The number of rotatable bonds is 2. The third-order valence-corrected chi connectivity index (χ3v) is 6.04. The zero-order valence-corrected chi connectivity index (χ0v) is 17.2. The minimum Gasteiger partial charge on any atom is -0.485 e. The zero-order chi connectivity index (χ0) is 19.4. The molecule has 0 aromatic heterocycles. The van der Waals surface area contributed by atoms with E-state index in [-0.39, 0.29) is 6.10 Å². The Hall–Kier alpha value is -1.40. The molecule has 2 aliphatic heterocycles. The third kappa shape index (κ3) is 3.31. The van der Waals surface area contributed by atoms with E-state index in [0.717, 1.165) is 11.0 Å². The molecule has 1 fully saturated rings. The summed E-state index contributed by atoms with van der Waals surface area (Å²) in [4.78, 5) is 0. The Morgan fingerprint density at radius 2 is 1.70 bits per heavy atom. The minimum absolute atomic E-state index is 0.342. The zero-order valence-electron chi connectivity index (χ0n) is 15.7. The number of benzene rings is 2. The highest BCUT2D eigenvalue weighted by Crippen LogP contribution is 2.41. The van der Waals surface area contributed by atoms with Crippen molar-refractivity contribution < 1.29 is 18.8 Å². The van der Waals surface area contributed by atoms with Crippen LogP contribution in [0.5, 0.6) is 11.5 Å². The fourth-order valence-corrected chi connectivity index (χ4v) is 3.72. The molecule has 142 valence electrons. The molecule has 1 saturated heterocycles. The minimum atomic E-state index is -0.534.